The van der Waals surface area contributed by atoms with Gasteiger partial charge in [0, 0.05) is 18.2 Å². The number of amides is 1. The van der Waals surface area contributed by atoms with Gasteiger partial charge in [0.05, 0.1) is 0 Å². The number of nitrogens with zero attached hydrogens (tertiary/aromatic N) is 1. The Morgan fingerprint density at radius 2 is 2.14 bits per heavy atom. The van der Waals surface area contributed by atoms with E-state index in [1.807, 2.05) is 11.8 Å². The Kier molecular flexibility index (Phi) is 6.37. The monoisotopic (exact) mass is 319 g/mol. The molecule has 0 N–H and O–H groups in total. The van der Waals surface area contributed by atoms with Crippen LogP contribution in [-0.2, 0) is 4.79 Å². The Balaban J connectivity index is 2.17. The van der Waals surface area contributed by atoms with Gasteiger partial charge in [0.2, 0.25) is 5.91 Å². The van der Waals surface area contributed by atoms with Gasteiger partial charge in [0.1, 0.15) is 5.37 Å². The highest BCUT2D eigenvalue weighted by atomic mass is 32.2. The van der Waals surface area contributed by atoms with E-state index in [0.717, 1.165) is 31.6 Å². The number of aryl methyl sites for hydroxylation is 2. The number of hydrogen-bond donors (Lipinski definition) is 0. The summed E-state index contributed by atoms with van der Waals surface area (Å²) in [4.78, 5) is 15.1. The van der Waals surface area contributed by atoms with E-state index in [4.69, 9.17) is 0 Å². The molecular weight excluding hydrogens is 290 g/mol. The molecule has 0 spiro atoms. The zero-order valence-electron chi connectivity index (χ0n) is 14.4. The zero-order valence-corrected chi connectivity index (χ0v) is 15.2. The van der Waals surface area contributed by atoms with Crippen LogP contribution in [-0.4, -0.2) is 23.1 Å². The number of unbranched alkanes of at least 4 members (excludes halogenated alkanes) is 1. The van der Waals surface area contributed by atoms with Crippen molar-refractivity contribution in [3.8, 4) is 0 Å². The molecule has 1 aliphatic heterocycles. The van der Waals surface area contributed by atoms with Crippen molar-refractivity contribution >= 4 is 17.7 Å². The van der Waals surface area contributed by atoms with Crippen LogP contribution in [0.3, 0.4) is 0 Å². The second kappa shape index (κ2) is 8.05. The summed E-state index contributed by atoms with van der Waals surface area (Å²) in [5.41, 5.74) is 3.90. The fraction of sp³-hybridized carbons (Fsp3) is 0.632. The summed E-state index contributed by atoms with van der Waals surface area (Å²) in [6.45, 7) is 9.52. The van der Waals surface area contributed by atoms with Gasteiger partial charge in [-0.05, 0) is 37.8 Å². The van der Waals surface area contributed by atoms with Crippen LogP contribution in [0, 0.1) is 19.8 Å². The van der Waals surface area contributed by atoms with E-state index in [1.54, 1.807) is 0 Å². The Labute approximate surface area is 139 Å². The van der Waals surface area contributed by atoms with E-state index >= 15 is 0 Å². The summed E-state index contributed by atoms with van der Waals surface area (Å²) in [5.74, 6) is 1.62. The van der Waals surface area contributed by atoms with Gasteiger partial charge in [0.25, 0.3) is 0 Å². The zero-order chi connectivity index (χ0) is 16.1. The average Bonchev–Trinajstić information content (AvgIpc) is 2.97. The molecule has 0 aromatic heterocycles. The predicted molar refractivity (Wildman–Crippen MR) is 96.1 cm³/mol. The Morgan fingerprint density at radius 3 is 2.77 bits per heavy atom. The molecule has 1 saturated heterocycles. The summed E-state index contributed by atoms with van der Waals surface area (Å²) in [6, 6.07) is 6.60. The highest BCUT2D eigenvalue weighted by molar-refractivity contribution is 7.99. The average molecular weight is 320 g/mol. The molecule has 0 unspecified atom stereocenters. The maximum Gasteiger partial charge on any atom is 0.226 e. The standard InChI is InChI=1S/C19H29NOS/c1-5-7-8-16(6-2)18(21)20-11-12-22-19(20)17-10-9-14(3)13-15(17)4/h9-10,13,16,19H,5-8,11-12H2,1-4H3/t16-,19+/m0/s1. The van der Waals surface area contributed by atoms with Crippen LogP contribution in [0.4, 0.5) is 0 Å². The van der Waals surface area contributed by atoms with Crippen LogP contribution < -0.4 is 0 Å². The molecule has 1 aromatic carbocycles. The first-order chi connectivity index (χ1) is 10.6. The highest BCUT2D eigenvalue weighted by Gasteiger charge is 2.34. The first-order valence-corrected chi connectivity index (χ1v) is 9.62. The lowest BCUT2D eigenvalue weighted by atomic mass is 9.97. The summed E-state index contributed by atoms with van der Waals surface area (Å²) in [6.07, 6.45) is 4.31. The molecule has 122 valence electrons. The lowest BCUT2D eigenvalue weighted by Crippen LogP contribution is -2.35. The normalized spacial score (nSPS) is 19.5. The smallest absolute Gasteiger partial charge is 0.226 e. The molecule has 22 heavy (non-hydrogen) atoms. The van der Waals surface area contributed by atoms with Crippen LogP contribution in [0.2, 0.25) is 0 Å². The molecule has 1 fully saturated rings. The molecule has 1 heterocycles. The summed E-state index contributed by atoms with van der Waals surface area (Å²) >= 11 is 1.91. The molecule has 0 bridgehead atoms. The molecule has 0 radical (unpaired) electrons. The largest absolute Gasteiger partial charge is 0.325 e. The minimum Gasteiger partial charge on any atom is -0.325 e. The van der Waals surface area contributed by atoms with Crippen LogP contribution in [0.5, 0.6) is 0 Å². The number of thioether (sulfide) groups is 1. The number of carbonyl (C=O) groups excluding carboxylic acids is 1. The fourth-order valence-electron chi connectivity index (χ4n) is 3.24. The summed E-state index contributed by atoms with van der Waals surface area (Å²) < 4.78 is 0. The van der Waals surface area contributed by atoms with E-state index in [1.165, 1.54) is 23.1 Å². The highest BCUT2D eigenvalue weighted by Crippen LogP contribution is 2.40. The lowest BCUT2D eigenvalue weighted by molar-refractivity contribution is -0.136. The molecule has 2 nitrogen and oxygen atoms in total. The second-order valence-corrected chi connectivity index (χ2v) is 7.55. The topological polar surface area (TPSA) is 20.3 Å². The van der Waals surface area contributed by atoms with Crippen molar-refractivity contribution in [1.82, 2.24) is 4.90 Å². The predicted octanol–water partition coefficient (Wildman–Crippen LogP) is 5.09. The van der Waals surface area contributed by atoms with E-state index in [0.29, 0.717) is 5.91 Å². The third-order valence-electron chi connectivity index (χ3n) is 4.61. The van der Waals surface area contributed by atoms with Crippen LogP contribution in [0.25, 0.3) is 0 Å². The van der Waals surface area contributed by atoms with Crippen LogP contribution >= 0.6 is 11.8 Å². The summed E-state index contributed by atoms with van der Waals surface area (Å²) in [7, 11) is 0. The number of hydrogen-bond acceptors (Lipinski definition) is 2. The lowest BCUT2D eigenvalue weighted by Gasteiger charge is -2.29. The molecule has 3 heteroatoms. The maximum atomic E-state index is 13.0. The molecule has 2 rings (SSSR count). The fourth-order valence-corrected chi connectivity index (χ4v) is 4.60. The molecule has 2 atom stereocenters. The Hall–Kier alpha value is -0.960. The van der Waals surface area contributed by atoms with E-state index in [9.17, 15) is 4.79 Å². The third kappa shape index (κ3) is 3.87. The minimum atomic E-state index is 0.201. The Morgan fingerprint density at radius 1 is 1.36 bits per heavy atom. The van der Waals surface area contributed by atoms with Crippen molar-refractivity contribution in [3.05, 3.63) is 34.9 Å². The van der Waals surface area contributed by atoms with Gasteiger partial charge >= 0.3 is 0 Å². The van der Waals surface area contributed by atoms with Crippen molar-refractivity contribution in [3.63, 3.8) is 0 Å². The molecule has 0 saturated carbocycles. The summed E-state index contributed by atoms with van der Waals surface area (Å²) in [5, 5.41) is 0.212. The maximum absolute atomic E-state index is 13.0. The Bertz CT molecular complexity index is 514. The number of benzene rings is 1. The van der Waals surface area contributed by atoms with Crippen molar-refractivity contribution in [1.29, 1.82) is 0 Å². The van der Waals surface area contributed by atoms with Gasteiger partial charge in [-0.25, -0.2) is 0 Å². The van der Waals surface area contributed by atoms with Gasteiger partial charge < -0.3 is 4.90 Å². The molecule has 1 aromatic rings. The van der Waals surface area contributed by atoms with Crippen LogP contribution in [0.1, 0.15) is 61.6 Å². The van der Waals surface area contributed by atoms with Crippen molar-refractivity contribution in [2.24, 2.45) is 5.92 Å². The molecule has 1 aliphatic rings. The molecular formula is C19H29NOS. The van der Waals surface area contributed by atoms with Crippen LogP contribution in [0.15, 0.2) is 18.2 Å². The minimum absolute atomic E-state index is 0.201. The second-order valence-electron chi connectivity index (χ2n) is 6.36. The van der Waals surface area contributed by atoms with Gasteiger partial charge in [0.15, 0.2) is 0 Å². The van der Waals surface area contributed by atoms with E-state index in [-0.39, 0.29) is 11.3 Å². The van der Waals surface area contributed by atoms with Crippen molar-refractivity contribution < 1.29 is 4.79 Å². The SMILES string of the molecule is CCCC[C@H](CC)C(=O)N1CCS[C@@H]1c1ccc(C)cc1C. The third-order valence-corrected chi connectivity index (χ3v) is 5.86. The molecule has 1 amide bonds. The van der Waals surface area contributed by atoms with E-state index < -0.39 is 0 Å². The van der Waals surface area contributed by atoms with Crippen molar-refractivity contribution in [2.45, 2.75) is 58.8 Å². The van der Waals surface area contributed by atoms with Gasteiger partial charge in [-0.3, -0.25) is 4.79 Å². The number of carbonyl (C=O) groups is 1. The first kappa shape index (κ1) is 17.4. The van der Waals surface area contributed by atoms with Crippen molar-refractivity contribution in [2.75, 3.05) is 12.3 Å². The van der Waals surface area contributed by atoms with E-state index in [2.05, 4.69) is 50.8 Å². The van der Waals surface area contributed by atoms with Gasteiger partial charge in [-0.15, -0.1) is 11.8 Å². The van der Waals surface area contributed by atoms with Gasteiger partial charge in [-0.2, -0.15) is 0 Å². The quantitative estimate of drug-likeness (QED) is 0.727. The van der Waals surface area contributed by atoms with Gasteiger partial charge in [-0.1, -0.05) is 50.5 Å². The first-order valence-electron chi connectivity index (χ1n) is 8.57. The molecule has 0 aliphatic carbocycles. The number of rotatable bonds is 6.